The lowest BCUT2D eigenvalue weighted by atomic mass is 9.93. The Morgan fingerprint density at radius 3 is 2.24 bits per heavy atom. The predicted octanol–water partition coefficient (Wildman–Crippen LogP) is 2.69. The zero-order valence-electron chi connectivity index (χ0n) is 11.5. The van der Waals surface area contributed by atoms with E-state index < -0.39 is 0 Å². The summed E-state index contributed by atoms with van der Waals surface area (Å²) in [4.78, 5) is 2.22. The van der Waals surface area contributed by atoms with Gasteiger partial charge in [0.15, 0.2) is 0 Å². The molecule has 1 aromatic rings. The predicted molar refractivity (Wildman–Crippen MR) is 73.8 cm³/mol. The normalized spacial score (nSPS) is 11.6. The third kappa shape index (κ3) is 2.91. The van der Waals surface area contributed by atoms with Crippen LogP contribution in [0.1, 0.15) is 33.3 Å². The van der Waals surface area contributed by atoms with Gasteiger partial charge in [0.25, 0.3) is 0 Å². The molecule has 0 saturated carbocycles. The van der Waals surface area contributed by atoms with Crippen LogP contribution in [0.25, 0.3) is 0 Å². The molecule has 3 nitrogen and oxygen atoms in total. The second-order valence-electron chi connectivity index (χ2n) is 4.75. The number of phenols is 1. The lowest BCUT2D eigenvalue weighted by molar-refractivity contribution is 0.401. The van der Waals surface area contributed by atoms with Crippen LogP contribution in [0.4, 0.5) is 5.69 Å². The van der Waals surface area contributed by atoms with Gasteiger partial charge in [-0.15, -0.1) is 0 Å². The van der Waals surface area contributed by atoms with Crippen molar-refractivity contribution in [3.05, 3.63) is 23.8 Å². The molecule has 0 unspecified atom stereocenters. The molecule has 0 aromatic heterocycles. The highest BCUT2D eigenvalue weighted by Crippen LogP contribution is 2.32. The lowest BCUT2D eigenvalue weighted by Crippen LogP contribution is -2.33. The molecule has 0 amide bonds. The molecule has 96 valence electrons. The van der Waals surface area contributed by atoms with E-state index in [1.54, 1.807) is 0 Å². The van der Waals surface area contributed by atoms with Crippen LogP contribution in [0.5, 0.6) is 5.75 Å². The molecule has 0 aliphatic carbocycles. The van der Waals surface area contributed by atoms with Gasteiger partial charge in [-0.1, -0.05) is 6.07 Å². The summed E-state index contributed by atoms with van der Waals surface area (Å²) in [6.07, 6.45) is 0. The highest BCUT2D eigenvalue weighted by atomic mass is 16.3. The van der Waals surface area contributed by atoms with Gasteiger partial charge in [-0.25, -0.2) is 0 Å². The molecule has 0 atom stereocenters. The summed E-state index contributed by atoms with van der Waals surface area (Å²) in [5.41, 5.74) is 1.78. The Labute approximate surface area is 104 Å². The van der Waals surface area contributed by atoms with Gasteiger partial charge in [0.05, 0.1) is 0 Å². The Morgan fingerprint density at radius 2 is 1.82 bits per heavy atom. The minimum absolute atomic E-state index is 0.216. The van der Waals surface area contributed by atoms with Crippen LogP contribution < -0.4 is 10.2 Å². The maximum atomic E-state index is 10.1. The van der Waals surface area contributed by atoms with E-state index in [2.05, 4.69) is 44.0 Å². The average molecular weight is 236 g/mol. The Bertz CT molecular complexity index is 370. The van der Waals surface area contributed by atoms with E-state index in [9.17, 15) is 5.11 Å². The molecule has 0 aliphatic heterocycles. The molecule has 0 aliphatic rings. The maximum absolute atomic E-state index is 10.1. The molecule has 0 bridgehead atoms. The van der Waals surface area contributed by atoms with Crippen LogP contribution >= 0.6 is 0 Å². The van der Waals surface area contributed by atoms with Crippen molar-refractivity contribution in [3.63, 3.8) is 0 Å². The smallest absolute Gasteiger partial charge is 0.122 e. The summed E-state index contributed by atoms with van der Waals surface area (Å²) in [5, 5.41) is 13.3. The van der Waals surface area contributed by atoms with Crippen LogP contribution in [-0.2, 0) is 5.54 Å². The van der Waals surface area contributed by atoms with Gasteiger partial charge in [-0.05, 0) is 40.8 Å². The van der Waals surface area contributed by atoms with Crippen LogP contribution in [0.2, 0.25) is 0 Å². The second kappa shape index (κ2) is 5.41. The summed E-state index contributed by atoms with van der Waals surface area (Å²) in [6.45, 7) is 10.2. The fraction of sp³-hybridized carbons (Fsp3) is 0.571. The van der Waals surface area contributed by atoms with E-state index in [-0.39, 0.29) is 5.54 Å². The first-order valence-corrected chi connectivity index (χ1v) is 6.23. The van der Waals surface area contributed by atoms with Crippen LogP contribution in [0.3, 0.4) is 0 Å². The minimum Gasteiger partial charge on any atom is -0.508 e. The van der Waals surface area contributed by atoms with Crippen molar-refractivity contribution in [3.8, 4) is 5.75 Å². The molecule has 2 N–H and O–H groups in total. The average Bonchev–Trinajstić information content (AvgIpc) is 2.30. The summed E-state index contributed by atoms with van der Waals surface area (Å²) >= 11 is 0. The number of benzene rings is 1. The standard InChI is InChI=1S/C14H24N2O/c1-6-16(7-2)11-8-9-12(13(17)10-11)14(3,4)15-5/h8-10,15,17H,6-7H2,1-5H3. The molecule has 0 radical (unpaired) electrons. The molecule has 1 aromatic carbocycles. The summed E-state index contributed by atoms with van der Waals surface area (Å²) in [7, 11) is 1.90. The Morgan fingerprint density at radius 1 is 1.24 bits per heavy atom. The van der Waals surface area contributed by atoms with Crippen molar-refractivity contribution in [1.82, 2.24) is 5.32 Å². The van der Waals surface area contributed by atoms with E-state index in [1.165, 1.54) is 0 Å². The molecular formula is C14H24N2O. The van der Waals surface area contributed by atoms with Crippen molar-refractivity contribution < 1.29 is 5.11 Å². The van der Waals surface area contributed by atoms with Gasteiger partial charge >= 0.3 is 0 Å². The number of nitrogens with zero attached hydrogens (tertiary/aromatic N) is 1. The zero-order chi connectivity index (χ0) is 13.1. The van der Waals surface area contributed by atoms with Crippen molar-refractivity contribution in [2.75, 3.05) is 25.0 Å². The summed E-state index contributed by atoms with van der Waals surface area (Å²) in [5.74, 6) is 0.355. The fourth-order valence-electron chi connectivity index (χ4n) is 1.97. The molecule has 0 spiro atoms. The monoisotopic (exact) mass is 236 g/mol. The van der Waals surface area contributed by atoms with E-state index >= 15 is 0 Å². The van der Waals surface area contributed by atoms with Crippen molar-refractivity contribution in [2.24, 2.45) is 0 Å². The van der Waals surface area contributed by atoms with Gasteiger partial charge < -0.3 is 15.3 Å². The number of aromatic hydroxyl groups is 1. The van der Waals surface area contributed by atoms with Crippen LogP contribution in [-0.4, -0.2) is 25.2 Å². The van der Waals surface area contributed by atoms with Crippen molar-refractivity contribution >= 4 is 5.69 Å². The van der Waals surface area contributed by atoms with E-state index in [1.807, 2.05) is 19.2 Å². The van der Waals surface area contributed by atoms with Gasteiger partial charge in [-0.2, -0.15) is 0 Å². The highest BCUT2D eigenvalue weighted by Gasteiger charge is 2.21. The SMILES string of the molecule is CCN(CC)c1ccc(C(C)(C)NC)c(O)c1. The topological polar surface area (TPSA) is 35.5 Å². The number of anilines is 1. The van der Waals surface area contributed by atoms with E-state index in [0.717, 1.165) is 24.3 Å². The fourth-order valence-corrected chi connectivity index (χ4v) is 1.97. The number of phenolic OH excluding ortho intramolecular Hbond substituents is 1. The third-order valence-corrected chi connectivity index (χ3v) is 3.41. The van der Waals surface area contributed by atoms with E-state index in [0.29, 0.717) is 5.75 Å². The number of rotatable bonds is 5. The summed E-state index contributed by atoms with van der Waals surface area (Å²) in [6, 6.07) is 5.92. The Balaban J connectivity index is 3.10. The van der Waals surface area contributed by atoms with Crippen molar-refractivity contribution in [2.45, 2.75) is 33.2 Å². The highest BCUT2D eigenvalue weighted by molar-refractivity contribution is 5.54. The second-order valence-corrected chi connectivity index (χ2v) is 4.75. The lowest BCUT2D eigenvalue weighted by Gasteiger charge is -2.27. The van der Waals surface area contributed by atoms with Crippen LogP contribution in [0, 0.1) is 0 Å². The number of nitrogens with one attached hydrogen (secondary N) is 1. The zero-order valence-corrected chi connectivity index (χ0v) is 11.5. The van der Waals surface area contributed by atoms with Crippen LogP contribution in [0.15, 0.2) is 18.2 Å². The first-order chi connectivity index (χ1) is 7.96. The van der Waals surface area contributed by atoms with Gasteiger partial charge in [0.2, 0.25) is 0 Å². The van der Waals surface area contributed by atoms with Gasteiger partial charge in [0.1, 0.15) is 5.75 Å². The molecule has 17 heavy (non-hydrogen) atoms. The number of hydrogen-bond donors (Lipinski definition) is 2. The van der Waals surface area contributed by atoms with Crippen molar-refractivity contribution in [1.29, 1.82) is 0 Å². The quantitative estimate of drug-likeness (QED) is 0.825. The molecule has 3 heteroatoms. The maximum Gasteiger partial charge on any atom is 0.122 e. The van der Waals surface area contributed by atoms with Gasteiger partial charge in [0, 0.05) is 35.9 Å². The molecule has 0 fully saturated rings. The Kier molecular flexibility index (Phi) is 4.40. The largest absolute Gasteiger partial charge is 0.508 e. The molecular weight excluding hydrogens is 212 g/mol. The number of hydrogen-bond acceptors (Lipinski definition) is 3. The molecule has 0 heterocycles. The van der Waals surface area contributed by atoms with Gasteiger partial charge in [-0.3, -0.25) is 0 Å². The Hall–Kier alpha value is -1.22. The third-order valence-electron chi connectivity index (χ3n) is 3.41. The first kappa shape index (κ1) is 13.8. The molecule has 1 rings (SSSR count). The van der Waals surface area contributed by atoms with E-state index in [4.69, 9.17) is 0 Å². The minimum atomic E-state index is -0.216. The summed E-state index contributed by atoms with van der Waals surface area (Å²) < 4.78 is 0. The first-order valence-electron chi connectivity index (χ1n) is 6.23. The molecule has 0 saturated heterocycles.